The number of hydrogen-bond donors (Lipinski definition) is 0. The SMILES string of the molecule is C=Nc1c(/C=C\C)c(/C=C\C)c(N=C)p1-p1c(N=C)c(/C=C\C)c(/C=C\C)c1N=C. The van der Waals surface area contributed by atoms with E-state index in [0.29, 0.717) is 0 Å². The maximum absolute atomic E-state index is 4.48. The van der Waals surface area contributed by atoms with Crippen molar-refractivity contribution in [3.8, 4) is 0 Å². The van der Waals surface area contributed by atoms with E-state index in [2.05, 4.69) is 71.1 Å². The second-order valence-electron chi connectivity index (χ2n) is 6.21. The summed E-state index contributed by atoms with van der Waals surface area (Å²) in [5.41, 5.74) is 7.81. The average Bonchev–Trinajstić information content (AvgIpc) is 3.20. The van der Waals surface area contributed by atoms with Gasteiger partial charge in [0.25, 0.3) is 0 Å². The summed E-state index contributed by atoms with van der Waals surface area (Å²) >= 11 is 0. The van der Waals surface area contributed by atoms with Crippen LogP contribution in [0, 0.1) is 0 Å². The van der Waals surface area contributed by atoms with Crippen molar-refractivity contribution in [3.63, 3.8) is 0 Å². The Morgan fingerprint density at radius 1 is 0.467 bits per heavy atom. The molecule has 2 aromatic heterocycles. The van der Waals surface area contributed by atoms with Crippen molar-refractivity contribution in [1.29, 1.82) is 0 Å². The van der Waals surface area contributed by atoms with E-state index in [1.165, 1.54) is 0 Å². The van der Waals surface area contributed by atoms with Crippen molar-refractivity contribution >= 4 is 87.3 Å². The maximum atomic E-state index is 4.48. The molecule has 6 heteroatoms. The van der Waals surface area contributed by atoms with Crippen LogP contribution in [0.5, 0.6) is 0 Å². The van der Waals surface area contributed by atoms with Gasteiger partial charge in [-0.15, -0.1) is 0 Å². The third-order valence-corrected chi connectivity index (χ3v) is 11.5. The summed E-state index contributed by atoms with van der Waals surface area (Å²) in [4.78, 5) is 17.9. The molecule has 30 heavy (non-hydrogen) atoms. The smallest absolute Gasteiger partial charge is 0.0989 e. The Hall–Kier alpha value is -2.80. The van der Waals surface area contributed by atoms with Gasteiger partial charge in [0.15, 0.2) is 0 Å². The Morgan fingerprint density at radius 3 is 0.800 bits per heavy atom. The molecule has 0 aliphatic carbocycles. The van der Waals surface area contributed by atoms with E-state index in [1.807, 2.05) is 52.0 Å². The summed E-state index contributed by atoms with van der Waals surface area (Å²) in [5.74, 6) is 0. The van der Waals surface area contributed by atoms with E-state index in [4.69, 9.17) is 0 Å². The molecule has 0 aliphatic rings. The van der Waals surface area contributed by atoms with Crippen molar-refractivity contribution in [3.05, 3.63) is 46.6 Å². The Bertz CT molecular complexity index is 934. The molecular weight excluding hydrogens is 406 g/mol. The van der Waals surface area contributed by atoms with Gasteiger partial charge in [0, 0.05) is 22.3 Å². The van der Waals surface area contributed by atoms with Crippen molar-refractivity contribution in [2.45, 2.75) is 27.7 Å². The molecule has 0 N–H and O–H groups in total. The summed E-state index contributed by atoms with van der Waals surface area (Å²) in [6.45, 7) is 23.5. The van der Waals surface area contributed by atoms with Gasteiger partial charge in [-0.3, -0.25) is 20.0 Å². The largest absolute Gasteiger partial charge is 0.259 e. The molecule has 0 radical (unpaired) electrons. The molecule has 2 aromatic rings. The Kier molecular flexibility index (Phi) is 8.47. The Morgan fingerprint density at radius 2 is 0.667 bits per heavy atom. The number of rotatable bonds is 9. The summed E-state index contributed by atoms with van der Waals surface area (Å²) in [7, 11) is -2.06. The number of aliphatic imine (C=N–C) groups is 4. The zero-order valence-corrected chi connectivity index (χ0v) is 19.9. The first kappa shape index (κ1) is 23.5. The molecule has 4 nitrogen and oxygen atoms in total. The van der Waals surface area contributed by atoms with Gasteiger partial charge in [-0.1, -0.05) is 48.6 Å². The highest BCUT2D eigenvalue weighted by Crippen LogP contribution is 2.80. The molecule has 0 aromatic carbocycles. The van der Waals surface area contributed by atoms with Crippen LogP contribution in [0.15, 0.2) is 44.3 Å². The van der Waals surface area contributed by atoms with Crippen LogP contribution in [0.1, 0.15) is 49.9 Å². The lowest BCUT2D eigenvalue weighted by Gasteiger charge is -2.08. The minimum absolute atomic E-state index is 0.925. The molecule has 0 aliphatic heterocycles. The van der Waals surface area contributed by atoms with Crippen LogP contribution in [-0.2, 0) is 0 Å². The van der Waals surface area contributed by atoms with Crippen LogP contribution in [0.25, 0.3) is 24.3 Å². The number of nitrogens with zero attached hydrogens (tertiary/aromatic N) is 4. The molecule has 0 saturated heterocycles. The third-order valence-electron chi connectivity index (χ3n) is 4.48. The summed E-state index contributed by atoms with van der Waals surface area (Å²) in [6.07, 6.45) is 16.3. The van der Waals surface area contributed by atoms with Crippen molar-refractivity contribution in [2.75, 3.05) is 0 Å². The van der Waals surface area contributed by atoms with Crippen LogP contribution in [0.4, 0.5) is 21.7 Å². The zero-order valence-electron chi connectivity index (χ0n) is 18.1. The van der Waals surface area contributed by atoms with E-state index in [-0.39, 0.29) is 0 Å². The second-order valence-corrected chi connectivity index (χ2v) is 11.5. The molecule has 154 valence electrons. The van der Waals surface area contributed by atoms with Gasteiger partial charge in [0.1, 0.15) is 0 Å². The van der Waals surface area contributed by atoms with Gasteiger partial charge in [-0.2, -0.15) is 0 Å². The Labute approximate surface area is 181 Å². The fourth-order valence-corrected chi connectivity index (χ4v) is 11.2. The molecule has 2 heterocycles. The molecular formula is C24H28N4P2. The summed E-state index contributed by atoms with van der Waals surface area (Å²) in [5, 5.41) is 0. The average molecular weight is 434 g/mol. The van der Waals surface area contributed by atoms with E-state index < -0.39 is 14.4 Å². The molecule has 0 saturated carbocycles. The minimum Gasteiger partial charge on any atom is -0.259 e. The predicted octanol–water partition coefficient (Wildman–Crippen LogP) is 9.43. The van der Waals surface area contributed by atoms with Crippen molar-refractivity contribution in [1.82, 2.24) is 0 Å². The van der Waals surface area contributed by atoms with Gasteiger partial charge >= 0.3 is 0 Å². The molecule has 0 unspecified atom stereocenters. The van der Waals surface area contributed by atoms with Crippen molar-refractivity contribution < 1.29 is 0 Å². The van der Waals surface area contributed by atoms with Gasteiger partial charge in [-0.05, 0) is 69.0 Å². The van der Waals surface area contributed by atoms with Gasteiger partial charge in [0.2, 0.25) is 0 Å². The zero-order chi connectivity index (χ0) is 22.3. The molecule has 0 bridgehead atoms. The van der Waals surface area contributed by atoms with E-state index in [1.54, 1.807) is 0 Å². The van der Waals surface area contributed by atoms with Crippen LogP contribution < -0.4 is 0 Å². The van der Waals surface area contributed by atoms with E-state index in [0.717, 1.165) is 43.9 Å². The van der Waals surface area contributed by atoms with E-state index in [9.17, 15) is 0 Å². The number of hydrogen-bond acceptors (Lipinski definition) is 4. The standard InChI is InChI=1S/C24H28N4P2/c1-9-13-17-18(14-10-2)22(26-6)29(21(17)25-5)30-23(27-7)19(15-11-3)20(16-12-4)24(30)28-8/h9-16H,5-8H2,1-4H3/b13-9-,14-10-,15-11-,16-12-. The lowest BCUT2D eigenvalue weighted by molar-refractivity contribution is 1.59. The minimum atomic E-state index is -1.03. The molecule has 0 fully saturated rings. The summed E-state index contributed by atoms with van der Waals surface area (Å²) < 4.78 is 0. The third kappa shape index (κ3) is 3.94. The lowest BCUT2D eigenvalue weighted by atomic mass is 10.1. The topological polar surface area (TPSA) is 49.4 Å². The fraction of sp³-hybridized carbons (Fsp3) is 0.167. The van der Waals surface area contributed by atoms with Crippen LogP contribution in [-0.4, -0.2) is 26.9 Å². The van der Waals surface area contributed by atoms with Gasteiger partial charge in [0.05, 0.1) is 21.7 Å². The first-order valence-corrected chi connectivity index (χ1v) is 12.9. The van der Waals surface area contributed by atoms with Crippen LogP contribution in [0.2, 0.25) is 0 Å². The second kappa shape index (κ2) is 10.8. The quantitative estimate of drug-likeness (QED) is 0.353. The first-order valence-electron chi connectivity index (χ1n) is 9.55. The predicted molar refractivity (Wildman–Crippen MR) is 145 cm³/mol. The highest BCUT2D eigenvalue weighted by atomic mass is 32.0. The molecule has 2 rings (SSSR count). The van der Waals surface area contributed by atoms with Gasteiger partial charge < -0.3 is 0 Å². The number of allylic oxidation sites excluding steroid dienone is 4. The molecule has 0 atom stereocenters. The maximum Gasteiger partial charge on any atom is 0.0989 e. The Balaban J connectivity index is 3.22. The van der Waals surface area contributed by atoms with Crippen LogP contribution in [0.3, 0.4) is 0 Å². The normalized spacial score (nSPS) is 12.0. The first-order chi connectivity index (χ1) is 14.6. The lowest BCUT2D eigenvalue weighted by Crippen LogP contribution is -1.73. The molecule has 0 spiro atoms. The molecule has 0 amide bonds. The monoisotopic (exact) mass is 434 g/mol. The summed E-state index contributed by atoms with van der Waals surface area (Å²) in [6, 6.07) is 0. The van der Waals surface area contributed by atoms with Crippen LogP contribution >= 0.6 is 14.4 Å². The highest BCUT2D eigenvalue weighted by Gasteiger charge is 2.28. The highest BCUT2D eigenvalue weighted by molar-refractivity contribution is 8.27. The fourth-order valence-electron chi connectivity index (χ4n) is 3.45. The van der Waals surface area contributed by atoms with Gasteiger partial charge in [-0.25, -0.2) is 0 Å². The van der Waals surface area contributed by atoms with E-state index >= 15 is 0 Å². The van der Waals surface area contributed by atoms with Crippen molar-refractivity contribution in [2.24, 2.45) is 20.0 Å².